The zero-order chi connectivity index (χ0) is 23.7. The van der Waals surface area contributed by atoms with Gasteiger partial charge in [0.25, 0.3) is 5.91 Å². The molecule has 0 bridgehead atoms. The minimum atomic E-state index is -5.33. The summed E-state index contributed by atoms with van der Waals surface area (Å²) in [6, 6.07) is 2.99. The van der Waals surface area contributed by atoms with E-state index >= 15 is 0 Å². The lowest BCUT2D eigenvalue weighted by molar-refractivity contribution is -0.143. The lowest BCUT2D eigenvalue weighted by atomic mass is 9.99. The third kappa shape index (κ3) is 5.48. The van der Waals surface area contributed by atoms with Crippen molar-refractivity contribution in [3.63, 3.8) is 0 Å². The second-order valence-electron chi connectivity index (χ2n) is 6.96. The van der Waals surface area contributed by atoms with Crippen molar-refractivity contribution >= 4 is 11.8 Å². The van der Waals surface area contributed by atoms with Gasteiger partial charge in [-0.1, -0.05) is 0 Å². The average molecular weight is 464 g/mol. The van der Waals surface area contributed by atoms with Crippen molar-refractivity contribution < 1.29 is 45.1 Å². The van der Waals surface area contributed by atoms with E-state index in [-0.39, 0.29) is 37.3 Å². The smallest absolute Gasteiger partial charge is 0.417 e. The predicted molar refractivity (Wildman–Crippen MR) is 96.4 cm³/mol. The van der Waals surface area contributed by atoms with Crippen molar-refractivity contribution in [2.24, 2.45) is 0 Å². The molecule has 2 aromatic rings. The molecule has 1 heterocycles. The SMILES string of the molecule is O=C1CC(NC(=O)c2c(Oc3ccc(F)cc3)cc(C(F)(F)F)cc2C(F)(F)F)CCN1. The highest BCUT2D eigenvalue weighted by Crippen LogP contribution is 2.42. The van der Waals surface area contributed by atoms with Gasteiger partial charge in [0.1, 0.15) is 17.3 Å². The number of piperidine rings is 1. The lowest BCUT2D eigenvalue weighted by Crippen LogP contribution is -2.45. The molecule has 1 fully saturated rings. The second kappa shape index (κ2) is 8.67. The molecule has 2 aromatic carbocycles. The molecule has 1 saturated heterocycles. The van der Waals surface area contributed by atoms with Gasteiger partial charge in [0, 0.05) is 19.0 Å². The molecule has 0 radical (unpaired) electrons. The first-order valence-corrected chi connectivity index (χ1v) is 9.18. The normalized spacial score (nSPS) is 17.0. The number of halogens is 7. The average Bonchev–Trinajstić information content (AvgIpc) is 2.67. The van der Waals surface area contributed by atoms with Crippen LogP contribution in [0.25, 0.3) is 0 Å². The number of hydrogen-bond donors (Lipinski definition) is 2. The Morgan fingerprint density at radius 3 is 2.25 bits per heavy atom. The third-order valence-electron chi connectivity index (χ3n) is 4.59. The lowest BCUT2D eigenvalue weighted by Gasteiger charge is -2.25. The Balaban J connectivity index is 2.11. The highest BCUT2D eigenvalue weighted by molar-refractivity contribution is 5.99. The van der Waals surface area contributed by atoms with Crippen LogP contribution in [0.1, 0.15) is 34.3 Å². The molecule has 0 spiro atoms. The second-order valence-corrected chi connectivity index (χ2v) is 6.96. The number of carbonyl (C=O) groups is 2. The summed E-state index contributed by atoms with van der Waals surface area (Å²) in [5.74, 6) is -3.82. The van der Waals surface area contributed by atoms with Crippen LogP contribution in [0.4, 0.5) is 30.7 Å². The fraction of sp³-hybridized carbons (Fsp3) is 0.300. The van der Waals surface area contributed by atoms with Crippen molar-refractivity contribution in [1.29, 1.82) is 0 Å². The van der Waals surface area contributed by atoms with Crippen LogP contribution in [0.2, 0.25) is 0 Å². The molecule has 1 atom stereocenters. The maximum Gasteiger partial charge on any atom is 0.417 e. The first-order valence-electron chi connectivity index (χ1n) is 9.18. The Morgan fingerprint density at radius 1 is 1.03 bits per heavy atom. The van der Waals surface area contributed by atoms with Crippen LogP contribution < -0.4 is 15.4 Å². The Kier molecular flexibility index (Phi) is 6.33. The van der Waals surface area contributed by atoms with Crippen LogP contribution in [-0.2, 0) is 17.1 Å². The Labute approximate surface area is 176 Å². The third-order valence-corrected chi connectivity index (χ3v) is 4.59. The highest BCUT2D eigenvalue weighted by Gasteiger charge is 2.42. The maximum absolute atomic E-state index is 13.7. The van der Waals surface area contributed by atoms with E-state index in [1.54, 1.807) is 0 Å². The van der Waals surface area contributed by atoms with Gasteiger partial charge in [0.05, 0.1) is 16.7 Å². The molecule has 0 aromatic heterocycles. The Hall–Kier alpha value is -3.31. The standard InChI is InChI=1S/C20H15F7N2O3/c21-11-1-3-13(4-2-11)32-15-8-10(19(22,23)24)7-14(20(25,26)27)17(15)18(31)29-12-5-6-28-16(30)9-12/h1-4,7-8,12H,5-6,9H2,(H,28,30)(H,29,31). The van der Waals surface area contributed by atoms with Gasteiger partial charge in [-0.2, -0.15) is 26.3 Å². The van der Waals surface area contributed by atoms with E-state index in [0.29, 0.717) is 0 Å². The van der Waals surface area contributed by atoms with E-state index in [2.05, 4.69) is 10.6 Å². The van der Waals surface area contributed by atoms with Gasteiger partial charge in [-0.05, 0) is 42.8 Å². The van der Waals surface area contributed by atoms with Gasteiger partial charge >= 0.3 is 12.4 Å². The summed E-state index contributed by atoms with van der Waals surface area (Å²) in [4.78, 5) is 24.2. The van der Waals surface area contributed by atoms with Crippen LogP contribution in [0, 0.1) is 5.82 Å². The number of ether oxygens (including phenoxy) is 1. The molecular weight excluding hydrogens is 449 g/mol. The summed E-state index contributed by atoms with van der Waals surface area (Å²) < 4.78 is 99.1. The number of benzene rings is 2. The zero-order valence-corrected chi connectivity index (χ0v) is 16.0. The van der Waals surface area contributed by atoms with Gasteiger partial charge in [0.15, 0.2) is 0 Å². The highest BCUT2D eigenvalue weighted by atomic mass is 19.4. The number of carbonyl (C=O) groups excluding carboxylic acids is 2. The monoisotopic (exact) mass is 464 g/mol. The largest absolute Gasteiger partial charge is 0.457 e. The van der Waals surface area contributed by atoms with Crippen molar-refractivity contribution in [2.45, 2.75) is 31.2 Å². The number of hydrogen-bond acceptors (Lipinski definition) is 3. The van der Waals surface area contributed by atoms with Crippen LogP contribution in [0.5, 0.6) is 11.5 Å². The van der Waals surface area contributed by atoms with E-state index in [0.717, 1.165) is 24.3 Å². The molecule has 5 nitrogen and oxygen atoms in total. The van der Waals surface area contributed by atoms with E-state index in [9.17, 15) is 40.3 Å². The van der Waals surface area contributed by atoms with E-state index in [1.165, 1.54) is 0 Å². The quantitative estimate of drug-likeness (QED) is 0.647. The van der Waals surface area contributed by atoms with Crippen LogP contribution in [-0.4, -0.2) is 24.4 Å². The maximum atomic E-state index is 13.7. The minimum absolute atomic E-state index is 0.169. The molecule has 1 unspecified atom stereocenters. The Bertz CT molecular complexity index is 1020. The molecule has 3 rings (SSSR count). The van der Waals surface area contributed by atoms with Gasteiger partial charge in [-0.25, -0.2) is 4.39 Å². The molecule has 172 valence electrons. The van der Waals surface area contributed by atoms with Crippen LogP contribution in [0.3, 0.4) is 0 Å². The molecule has 0 saturated carbocycles. The summed E-state index contributed by atoms with van der Waals surface area (Å²) in [5, 5.41) is 4.73. The van der Waals surface area contributed by atoms with Gasteiger partial charge in [-0.3, -0.25) is 9.59 Å². The molecule has 2 amide bonds. The fourth-order valence-corrected chi connectivity index (χ4v) is 3.11. The summed E-state index contributed by atoms with van der Waals surface area (Å²) in [7, 11) is 0. The van der Waals surface area contributed by atoms with Crippen LogP contribution >= 0.6 is 0 Å². The minimum Gasteiger partial charge on any atom is -0.457 e. The van der Waals surface area contributed by atoms with Crippen LogP contribution in [0.15, 0.2) is 36.4 Å². The topological polar surface area (TPSA) is 67.4 Å². The van der Waals surface area contributed by atoms with E-state index < -0.39 is 58.5 Å². The number of alkyl halides is 6. The fourth-order valence-electron chi connectivity index (χ4n) is 3.11. The van der Waals surface area contributed by atoms with E-state index in [1.807, 2.05) is 0 Å². The number of rotatable bonds is 4. The molecule has 0 aliphatic carbocycles. The molecule has 32 heavy (non-hydrogen) atoms. The molecule has 1 aliphatic rings. The molecule has 2 N–H and O–H groups in total. The summed E-state index contributed by atoms with van der Waals surface area (Å²) in [6.45, 7) is 0.169. The summed E-state index contributed by atoms with van der Waals surface area (Å²) >= 11 is 0. The van der Waals surface area contributed by atoms with Crippen molar-refractivity contribution in [3.05, 3.63) is 58.9 Å². The van der Waals surface area contributed by atoms with Crippen molar-refractivity contribution in [1.82, 2.24) is 10.6 Å². The Morgan fingerprint density at radius 2 is 1.69 bits per heavy atom. The number of nitrogens with one attached hydrogen (secondary N) is 2. The van der Waals surface area contributed by atoms with Gasteiger partial charge < -0.3 is 15.4 Å². The molecule has 1 aliphatic heterocycles. The zero-order valence-electron chi connectivity index (χ0n) is 16.0. The summed E-state index contributed by atoms with van der Waals surface area (Å²) in [5.41, 5.74) is -4.72. The molecular formula is C20H15F7N2O3. The predicted octanol–water partition coefficient (Wildman–Crippen LogP) is 4.66. The van der Waals surface area contributed by atoms with Crippen molar-refractivity contribution in [2.75, 3.05) is 6.54 Å². The number of amides is 2. The van der Waals surface area contributed by atoms with E-state index in [4.69, 9.17) is 4.74 Å². The first kappa shape index (κ1) is 23.4. The van der Waals surface area contributed by atoms with Gasteiger partial charge in [-0.15, -0.1) is 0 Å². The summed E-state index contributed by atoms with van der Waals surface area (Å²) in [6.07, 6.45) is -10.5. The molecule has 12 heteroatoms. The van der Waals surface area contributed by atoms with Crippen molar-refractivity contribution in [3.8, 4) is 11.5 Å². The van der Waals surface area contributed by atoms with Gasteiger partial charge in [0.2, 0.25) is 5.91 Å². The first-order chi connectivity index (χ1) is 14.8.